The maximum atomic E-state index is 13.7. The monoisotopic (exact) mass is 523 g/mol. The molecule has 0 bridgehead atoms. The molecule has 1 saturated heterocycles. The summed E-state index contributed by atoms with van der Waals surface area (Å²) in [7, 11) is -0.972. The van der Waals surface area contributed by atoms with Gasteiger partial charge in [0.25, 0.3) is 0 Å². The van der Waals surface area contributed by atoms with Gasteiger partial charge in [-0.2, -0.15) is 4.72 Å². The molecule has 0 radical (unpaired) electrons. The van der Waals surface area contributed by atoms with E-state index in [9.17, 15) is 13.2 Å². The molecule has 1 heterocycles. The highest BCUT2D eigenvalue weighted by Gasteiger charge is 2.33. The molecule has 0 unspecified atom stereocenters. The number of benzene rings is 3. The fraction of sp³-hybridized carbons (Fsp3) is 0.321. The Labute approximate surface area is 218 Å². The van der Waals surface area contributed by atoms with E-state index in [2.05, 4.69) is 9.62 Å². The van der Waals surface area contributed by atoms with E-state index in [-0.39, 0.29) is 23.0 Å². The second-order valence-corrected chi connectivity index (χ2v) is 10.7. The molecule has 0 aromatic heterocycles. The Morgan fingerprint density at radius 2 is 1.54 bits per heavy atom. The molecule has 8 nitrogen and oxygen atoms in total. The number of ether oxygens (including phenoxy) is 2. The zero-order valence-electron chi connectivity index (χ0n) is 21.4. The predicted molar refractivity (Wildman–Crippen MR) is 144 cm³/mol. The summed E-state index contributed by atoms with van der Waals surface area (Å²) in [6.45, 7) is 3.98. The van der Waals surface area contributed by atoms with Crippen molar-refractivity contribution in [2.45, 2.75) is 24.3 Å². The van der Waals surface area contributed by atoms with Gasteiger partial charge in [-0.25, -0.2) is 8.42 Å². The van der Waals surface area contributed by atoms with E-state index >= 15 is 0 Å². The largest absolute Gasteiger partial charge is 0.495 e. The molecule has 0 aliphatic carbocycles. The molecule has 4 rings (SSSR count). The van der Waals surface area contributed by atoms with Crippen LogP contribution in [-0.2, 0) is 21.2 Å². The summed E-state index contributed by atoms with van der Waals surface area (Å²) in [4.78, 5) is 17.6. The van der Waals surface area contributed by atoms with Crippen LogP contribution in [0.4, 0.5) is 5.69 Å². The van der Waals surface area contributed by atoms with Crippen LogP contribution in [0.15, 0.2) is 77.7 Å². The number of carbonyl (C=O) groups is 1. The van der Waals surface area contributed by atoms with E-state index in [1.165, 1.54) is 7.11 Å². The van der Waals surface area contributed by atoms with E-state index in [1.54, 1.807) is 30.2 Å². The minimum Gasteiger partial charge on any atom is -0.495 e. The highest BCUT2D eigenvalue weighted by atomic mass is 32.2. The van der Waals surface area contributed by atoms with Crippen LogP contribution in [0.1, 0.15) is 11.1 Å². The van der Waals surface area contributed by atoms with E-state index in [1.807, 2.05) is 61.5 Å². The van der Waals surface area contributed by atoms with Crippen molar-refractivity contribution in [3.63, 3.8) is 0 Å². The molecule has 0 saturated carbocycles. The second-order valence-electron chi connectivity index (χ2n) is 9.00. The van der Waals surface area contributed by atoms with Gasteiger partial charge in [-0.15, -0.1) is 0 Å². The van der Waals surface area contributed by atoms with E-state index < -0.39 is 16.1 Å². The predicted octanol–water partition coefficient (Wildman–Crippen LogP) is 3.25. The first-order valence-electron chi connectivity index (χ1n) is 12.2. The van der Waals surface area contributed by atoms with Crippen molar-refractivity contribution in [2.75, 3.05) is 45.3 Å². The Morgan fingerprint density at radius 1 is 0.892 bits per heavy atom. The number of hydrogen-bond acceptors (Lipinski definition) is 6. The number of rotatable bonds is 9. The number of para-hydroxylation sites is 2. The molecule has 1 atom stereocenters. The minimum atomic E-state index is -4.04. The van der Waals surface area contributed by atoms with Gasteiger partial charge in [0.15, 0.2) is 0 Å². The lowest BCUT2D eigenvalue weighted by Gasteiger charge is -2.38. The fourth-order valence-corrected chi connectivity index (χ4v) is 6.00. The Kier molecular flexibility index (Phi) is 8.35. The normalized spacial score (nSPS) is 14.8. The molecule has 3 aromatic carbocycles. The molecule has 9 heteroatoms. The standard InChI is InChI=1S/C28H33N3O5S/c1-21-13-14-26(36-3)27(19-21)37(33,34)29-23(20-22-9-5-4-6-10-22)28(32)31-17-15-30(16-18-31)24-11-7-8-12-25(24)35-2/h4-14,19,23,29H,15-18,20H2,1-3H3/t23-/m0/s1. The Hall–Kier alpha value is -3.56. The van der Waals surface area contributed by atoms with Crippen LogP contribution in [0, 0.1) is 6.92 Å². The number of piperazine rings is 1. The third-order valence-electron chi connectivity index (χ3n) is 6.50. The van der Waals surface area contributed by atoms with Crippen LogP contribution >= 0.6 is 0 Å². The number of amides is 1. The first-order chi connectivity index (χ1) is 17.8. The number of anilines is 1. The molecule has 0 spiro atoms. The van der Waals surface area contributed by atoms with Gasteiger partial charge in [-0.1, -0.05) is 48.5 Å². The van der Waals surface area contributed by atoms with Crippen LogP contribution in [0.5, 0.6) is 11.5 Å². The maximum Gasteiger partial charge on any atom is 0.244 e. The topological polar surface area (TPSA) is 88.2 Å². The molecule has 1 N–H and O–H groups in total. The summed E-state index contributed by atoms with van der Waals surface area (Å²) in [5, 5.41) is 0. The number of sulfonamides is 1. The Balaban J connectivity index is 1.55. The van der Waals surface area contributed by atoms with E-state index in [4.69, 9.17) is 9.47 Å². The van der Waals surface area contributed by atoms with Crippen LogP contribution in [0.3, 0.4) is 0 Å². The second kappa shape index (κ2) is 11.7. The quantitative estimate of drug-likeness (QED) is 0.463. The number of aryl methyl sites for hydroxylation is 1. The molecule has 1 aliphatic rings. The van der Waals surface area contributed by atoms with Crippen LogP contribution in [-0.4, -0.2) is 65.7 Å². The Morgan fingerprint density at radius 3 is 2.22 bits per heavy atom. The fourth-order valence-electron chi connectivity index (χ4n) is 4.55. The van der Waals surface area contributed by atoms with Gasteiger partial charge < -0.3 is 19.3 Å². The number of nitrogens with one attached hydrogen (secondary N) is 1. The van der Waals surface area contributed by atoms with Gasteiger partial charge in [-0.3, -0.25) is 4.79 Å². The van der Waals surface area contributed by atoms with E-state index in [0.29, 0.717) is 26.2 Å². The van der Waals surface area contributed by atoms with Crippen LogP contribution in [0.25, 0.3) is 0 Å². The summed E-state index contributed by atoms with van der Waals surface area (Å²) in [5.74, 6) is 0.761. The first-order valence-corrected chi connectivity index (χ1v) is 13.7. The van der Waals surface area contributed by atoms with Crippen molar-refractivity contribution in [2.24, 2.45) is 0 Å². The summed E-state index contributed by atoms with van der Waals surface area (Å²) in [6.07, 6.45) is 0.236. The SMILES string of the molecule is COc1ccccc1N1CCN(C(=O)[C@H](Cc2ccccc2)NS(=O)(=O)c2cc(C)ccc2OC)CC1. The molecule has 1 amide bonds. The summed E-state index contributed by atoms with van der Waals surface area (Å²) in [6, 6.07) is 21.2. The highest BCUT2D eigenvalue weighted by molar-refractivity contribution is 7.89. The lowest BCUT2D eigenvalue weighted by Crippen LogP contribution is -2.55. The molecule has 1 aliphatic heterocycles. The average Bonchev–Trinajstić information content (AvgIpc) is 2.93. The van der Waals surface area contributed by atoms with Crippen molar-refractivity contribution in [1.29, 1.82) is 0 Å². The number of hydrogen-bond donors (Lipinski definition) is 1. The Bertz CT molecular complexity index is 1320. The molecule has 196 valence electrons. The number of carbonyl (C=O) groups excluding carboxylic acids is 1. The van der Waals surface area contributed by atoms with Gasteiger partial charge in [0.1, 0.15) is 22.4 Å². The summed E-state index contributed by atoms with van der Waals surface area (Å²) < 4.78 is 40.4. The lowest BCUT2D eigenvalue weighted by molar-refractivity contribution is -0.133. The third kappa shape index (κ3) is 6.23. The van der Waals surface area contributed by atoms with Crippen molar-refractivity contribution in [3.05, 3.63) is 83.9 Å². The zero-order valence-corrected chi connectivity index (χ0v) is 22.2. The van der Waals surface area contributed by atoms with Gasteiger partial charge in [0, 0.05) is 26.2 Å². The van der Waals surface area contributed by atoms with Gasteiger partial charge in [0.05, 0.1) is 19.9 Å². The highest BCUT2D eigenvalue weighted by Crippen LogP contribution is 2.29. The minimum absolute atomic E-state index is 0.0156. The van der Waals surface area contributed by atoms with Gasteiger partial charge in [-0.05, 0) is 48.7 Å². The summed E-state index contributed by atoms with van der Waals surface area (Å²) >= 11 is 0. The molecule has 3 aromatic rings. The van der Waals surface area contributed by atoms with Gasteiger partial charge >= 0.3 is 0 Å². The molecule has 37 heavy (non-hydrogen) atoms. The average molecular weight is 524 g/mol. The van der Waals surface area contributed by atoms with Gasteiger partial charge in [0.2, 0.25) is 15.9 Å². The lowest BCUT2D eigenvalue weighted by atomic mass is 10.1. The van der Waals surface area contributed by atoms with Crippen molar-refractivity contribution >= 4 is 21.6 Å². The smallest absolute Gasteiger partial charge is 0.244 e. The zero-order chi connectivity index (χ0) is 26.4. The van der Waals surface area contributed by atoms with Crippen molar-refractivity contribution in [1.82, 2.24) is 9.62 Å². The van der Waals surface area contributed by atoms with Crippen molar-refractivity contribution < 1.29 is 22.7 Å². The van der Waals surface area contributed by atoms with Crippen LogP contribution < -0.4 is 19.1 Å². The molecular weight excluding hydrogens is 490 g/mol. The van der Waals surface area contributed by atoms with E-state index in [0.717, 1.165) is 22.6 Å². The van der Waals surface area contributed by atoms with Crippen molar-refractivity contribution in [3.8, 4) is 11.5 Å². The first kappa shape index (κ1) is 26.5. The number of nitrogens with zero attached hydrogens (tertiary/aromatic N) is 2. The maximum absolute atomic E-state index is 13.7. The van der Waals surface area contributed by atoms with Crippen LogP contribution in [0.2, 0.25) is 0 Å². The molecular formula is C28H33N3O5S. The summed E-state index contributed by atoms with van der Waals surface area (Å²) in [5.41, 5.74) is 2.62. The third-order valence-corrected chi connectivity index (χ3v) is 8.00. The molecule has 1 fully saturated rings. The number of methoxy groups -OCH3 is 2.